The molecule has 2 aromatic carbocycles. The molecule has 22 heavy (non-hydrogen) atoms. The van der Waals surface area contributed by atoms with Gasteiger partial charge in [-0.1, -0.05) is 23.7 Å². The molecule has 0 radical (unpaired) electrons. The Labute approximate surface area is 134 Å². The monoisotopic (exact) mass is 313 g/mol. The number of rotatable bonds is 2. The van der Waals surface area contributed by atoms with Gasteiger partial charge in [-0.05, 0) is 35.9 Å². The van der Waals surface area contributed by atoms with E-state index in [0.717, 1.165) is 30.9 Å². The third-order valence-corrected chi connectivity index (χ3v) is 4.16. The normalized spacial score (nSPS) is 18.0. The summed E-state index contributed by atoms with van der Waals surface area (Å²) < 4.78 is 0. The number of nitrogens with zero attached hydrogens (tertiary/aromatic N) is 2. The summed E-state index contributed by atoms with van der Waals surface area (Å²) >= 11 is 5.97. The van der Waals surface area contributed by atoms with E-state index in [4.69, 9.17) is 11.6 Å². The molecule has 112 valence electrons. The number of piperazine rings is 1. The minimum Gasteiger partial charge on any atom is -0.508 e. The van der Waals surface area contributed by atoms with Crippen molar-refractivity contribution in [1.82, 2.24) is 5.32 Å². The van der Waals surface area contributed by atoms with Crippen molar-refractivity contribution < 1.29 is 5.11 Å². The van der Waals surface area contributed by atoms with Crippen LogP contribution in [0, 0.1) is 11.3 Å². The zero-order valence-corrected chi connectivity index (χ0v) is 12.7. The van der Waals surface area contributed by atoms with E-state index in [1.165, 1.54) is 6.07 Å². The molecule has 0 aromatic heterocycles. The second kappa shape index (κ2) is 6.27. The topological polar surface area (TPSA) is 59.3 Å². The van der Waals surface area contributed by atoms with Crippen LogP contribution >= 0.6 is 11.6 Å². The number of phenols is 1. The molecule has 0 saturated carbocycles. The van der Waals surface area contributed by atoms with Crippen molar-refractivity contribution in [2.24, 2.45) is 0 Å². The van der Waals surface area contributed by atoms with E-state index >= 15 is 0 Å². The maximum Gasteiger partial charge on any atom is 0.117 e. The molecule has 2 N–H and O–H groups in total. The van der Waals surface area contributed by atoms with Gasteiger partial charge in [-0.25, -0.2) is 0 Å². The molecule has 0 unspecified atom stereocenters. The second-order valence-electron chi connectivity index (χ2n) is 5.28. The van der Waals surface area contributed by atoms with Crippen molar-refractivity contribution in [2.75, 3.05) is 24.5 Å². The summed E-state index contributed by atoms with van der Waals surface area (Å²) in [6, 6.07) is 15.0. The van der Waals surface area contributed by atoms with Crippen molar-refractivity contribution >= 4 is 17.3 Å². The first kappa shape index (κ1) is 14.7. The highest BCUT2D eigenvalue weighted by molar-refractivity contribution is 6.30. The Morgan fingerprint density at radius 2 is 2.00 bits per heavy atom. The average Bonchev–Trinajstić information content (AvgIpc) is 2.55. The molecule has 5 heteroatoms. The van der Waals surface area contributed by atoms with E-state index in [0.29, 0.717) is 10.6 Å². The fourth-order valence-electron chi connectivity index (χ4n) is 2.84. The summed E-state index contributed by atoms with van der Waals surface area (Å²) in [6.45, 7) is 2.45. The first-order valence-electron chi connectivity index (χ1n) is 7.15. The number of aromatic hydroxyl groups is 1. The lowest BCUT2D eigenvalue weighted by atomic mass is 10.0. The highest BCUT2D eigenvalue weighted by atomic mass is 35.5. The summed E-state index contributed by atoms with van der Waals surface area (Å²) in [5, 5.41) is 23.0. The Morgan fingerprint density at radius 1 is 1.23 bits per heavy atom. The summed E-state index contributed by atoms with van der Waals surface area (Å²) in [6.07, 6.45) is 0. The maximum absolute atomic E-state index is 9.58. The fraction of sp³-hybridized carbons (Fsp3) is 0.235. The minimum atomic E-state index is 0.110. The molecular weight excluding hydrogens is 298 g/mol. The molecule has 0 aliphatic carbocycles. The molecule has 1 aliphatic rings. The maximum atomic E-state index is 9.58. The molecule has 0 amide bonds. The Balaban J connectivity index is 2.00. The molecule has 3 rings (SSSR count). The largest absolute Gasteiger partial charge is 0.508 e. The van der Waals surface area contributed by atoms with E-state index in [9.17, 15) is 10.4 Å². The summed E-state index contributed by atoms with van der Waals surface area (Å²) in [5.41, 5.74) is 2.48. The summed E-state index contributed by atoms with van der Waals surface area (Å²) in [5.74, 6) is 0.110. The van der Waals surface area contributed by atoms with E-state index in [-0.39, 0.29) is 11.8 Å². The van der Waals surface area contributed by atoms with Crippen molar-refractivity contribution in [2.45, 2.75) is 6.04 Å². The smallest absolute Gasteiger partial charge is 0.117 e. The van der Waals surface area contributed by atoms with Gasteiger partial charge in [-0.15, -0.1) is 0 Å². The van der Waals surface area contributed by atoms with Crippen LogP contribution in [0.1, 0.15) is 17.2 Å². The van der Waals surface area contributed by atoms with Gasteiger partial charge >= 0.3 is 0 Å². The lowest BCUT2D eigenvalue weighted by Gasteiger charge is -2.38. The van der Waals surface area contributed by atoms with Crippen LogP contribution in [0.15, 0.2) is 42.5 Å². The average molecular weight is 314 g/mol. The van der Waals surface area contributed by atoms with Gasteiger partial charge in [0.15, 0.2) is 0 Å². The number of hydrogen-bond donors (Lipinski definition) is 2. The van der Waals surface area contributed by atoms with E-state index < -0.39 is 0 Å². The lowest BCUT2D eigenvalue weighted by molar-refractivity contribution is 0.473. The van der Waals surface area contributed by atoms with Crippen LogP contribution in [0.4, 0.5) is 5.69 Å². The number of halogens is 1. The predicted octanol–water partition coefficient (Wildman–Crippen LogP) is 3.07. The van der Waals surface area contributed by atoms with Crippen molar-refractivity contribution in [3.8, 4) is 11.8 Å². The van der Waals surface area contributed by atoms with Gasteiger partial charge in [-0.3, -0.25) is 0 Å². The van der Waals surface area contributed by atoms with Crippen molar-refractivity contribution in [3.63, 3.8) is 0 Å². The van der Waals surface area contributed by atoms with E-state index in [2.05, 4.69) is 16.3 Å². The zero-order chi connectivity index (χ0) is 15.5. The van der Waals surface area contributed by atoms with Gasteiger partial charge in [0.2, 0.25) is 0 Å². The van der Waals surface area contributed by atoms with Crippen LogP contribution in [-0.4, -0.2) is 24.7 Å². The summed E-state index contributed by atoms with van der Waals surface area (Å²) in [7, 11) is 0. The van der Waals surface area contributed by atoms with Crippen LogP contribution < -0.4 is 10.2 Å². The van der Waals surface area contributed by atoms with Gasteiger partial charge < -0.3 is 15.3 Å². The summed E-state index contributed by atoms with van der Waals surface area (Å²) in [4.78, 5) is 2.21. The second-order valence-corrected chi connectivity index (χ2v) is 5.71. The first-order valence-corrected chi connectivity index (χ1v) is 7.53. The number of nitrogens with one attached hydrogen (secondary N) is 1. The van der Waals surface area contributed by atoms with Gasteiger partial charge in [-0.2, -0.15) is 5.26 Å². The molecule has 0 spiro atoms. The molecule has 1 aliphatic heterocycles. The fourth-order valence-corrected chi connectivity index (χ4v) is 2.97. The van der Waals surface area contributed by atoms with Crippen LogP contribution in [0.25, 0.3) is 0 Å². The number of nitriles is 1. The van der Waals surface area contributed by atoms with Gasteiger partial charge in [0.1, 0.15) is 11.8 Å². The molecular formula is C17H16ClN3O. The van der Waals surface area contributed by atoms with Gasteiger partial charge in [0.25, 0.3) is 0 Å². The zero-order valence-electron chi connectivity index (χ0n) is 12.0. The van der Waals surface area contributed by atoms with E-state index in [1.54, 1.807) is 6.07 Å². The number of hydrogen-bond acceptors (Lipinski definition) is 4. The highest BCUT2D eigenvalue weighted by Crippen LogP contribution is 2.32. The van der Waals surface area contributed by atoms with Crippen molar-refractivity contribution in [1.29, 1.82) is 5.26 Å². The highest BCUT2D eigenvalue weighted by Gasteiger charge is 2.25. The standard InChI is InChI=1S/C17H16ClN3O/c18-14-3-1-12(2-4-14)17-11-20-7-8-21(17)16-6-5-15(22)9-13(16)10-19/h1-6,9,17,20,22H,7-8,11H2/t17-/m0/s1. The predicted molar refractivity (Wildman–Crippen MR) is 87.2 cm³/mol. The molecule has 1 saturated heterocycles. The first-order chi connectivity index (χ1) is 10.7. The van der Waals surface area contributed by atoms with Crippen molar-refractivity contribution in [3.05, 3.63) is 58.6 Å². The molecule has 2 aromatic rings. The molecule has 1 atom stereocenters. The van der Waals surface area contributed by atoms with Gasteiger partial charge in [0.05, 0.1) is 17.3 Å². The third kappa shape index (κ3) is 2.87. The van der Waals surface area contributed by atoms with Crippen LogP contribution in [-0.2, 0) is 0 Å². The van der Waals surface area contributed by atoms with Crippen LogP contribution in [0.3, 0.4) is 0 Å². The number of anilines is 1. The van der Waals surface area contributed by atoms with Gasteiger partial charge in [0, 0.05) is 24.7 Å². The Bertz CT molecular complexity index is 709. The SMILES string of the molecule is N#Cc1cc(O)ccc1N1CCNC[C@H]1c1ccc(Cl)cc1. The van der Waals surface area contributed by atoms with E-state index in [1.807, 2.05) is 30.3 Å². The Kier molecular flexibility index (Phi) is 4.19. The molecule has 0 bridgehead atoms. The number of benzene rings is 2. The molecule has 4 nitrogen and oxygen atoms in total. The Hall–Kier alpha value is -2.22. The van der Waals surface area contributed by atoms with Crippen LogP contribution in [0.5, 0.6) is 5.75 Å². The third-order valence-electron chi connectivity index (χ3n) is 3.91. The Morgan fingerprint density at radius 3 is 2.73 bits per heavy atom. The lowest BCUT2D eigenvalue weighted by Crippen LogP contribution is -2.46. The quantitative estimate of drug-likeness (QED) is 0.894. The molecule has 1 heterocycles. The number of phenolic OH excluding ortho intramolecular Hbond substituents is 1. The van der Waals surface area contributed by atoms with Crippen LogP contribution in [0.2, 0.25) is 5.02 Å². The molecule has 1 fully saturated rings. The minimum absolute atomic E-state index is 0.110.